The first-order valence-electron chi connectivity index (χ1n) is 8.41. The number of hydrogen-bond acceptors (Lipinski definition) is 6. The molecule has 4 rings (SSSR count). The zero-order valence-corrected chi connectivity index (χ0v) is 14.5. The highest BCUT2D eigenvalue weighted by Gasteiger charge is 2.44. The lowest BCUT2D eigenvalue weighted by Gasteiger charge is -2.43. The number of nitrogens with zero attached hydrogens (tertiary/aromatic N) is 5. The molecule has 1 saturated heterocycles. The molecule has 0 radical (unpaired) electrons. The molecule has 25 heavy (non-hydrogen) atoms. The standard InChI is InChI=1S/C16H19N5O3S/c22-16(12-5-6-15(19-18-12)20-8-7-17-11-20)21-9-10-25(23,24)14-4-2-1-3-13(14)21/h5-8,11,13-14H,1-4,9-10H2. The molecule has 9 heteroatoms. The summed E-state index contributed by atoms with van der Waals surface area (Å²) in [6.45, 7) is 0.229. The number of amides is 1. The SMILES string of the molecule is O=C(c1ccc(-n2ccnc2)nn1)N1CCS(=O)(=O)C2CCCCC21. The fraction of sp³-hybridized carbons (Fsp3) is 0.500. The zero-order chi connectivity index (χ0) is 17.4. The predicted molar refractivity (Wildman–Crippen MR) is 90.0 cm³/mol. The second-order valence-electron chi connectivity index (χ2n) is 6.50. The predicted octanol–water partition coefficient (Wildman–Crippen LogP) is 0.844. The molecular formula is C16H19N5O3S. The summed E-state index contributed by atoms with van der Waals surface area (Å²) in [6.07, 6.45) is 8.21. The highest BCUT2D eigenvalue weighted by molar-refractivity contribution is 7.92. The molecule has 1 saturated carbocycles. The molecule has 2 unspecified atom stereocenters. The Morgan fingerprint density at radius 2 is 2.00 bits per heavy atom. The van der Waals surface area contributed by atoms with E-state index in [4.69, 9.17) is 0 Å². The van der Waals surface area contributed by atoms with Crippen molar-refractivity contribution in [3.8, 4) is 5.82 Å². The summed E-state index contributed by atoms with van der Waals surface area (Å²) in [5, 5.41) is 7.69. The zero-order valence-electron chi connectivity index (χ0n) is 13.7. The Morgan fingerprint density at radius 3 is 2.72 bits per heavy atom. The van der Waals surface area contributed by atoms with Gasteiger partial charge >= 0.3 is 0 Å². The van der Waals surface area contributed by atoms with Crippen molar-refractivity contribution < 1.29 is 13.2 Å². The van der Waals surface area contributed by atoms with E-state index in [2.05, 4.69) is 15.2 Å². The van der Waals surface area contributed by atoms with Crippen LogP contribution < -0.4 is 0 Å². The lowest BCUT2D eigenvalue weighted by molar-refractivity contribution is 0.0631. The minimum atomic E-state index is -3.11. The molecule has 0 spiro atoms. The monoisotopic (exact) mass is 361 g/mol. The van der Waals surface area contributed by atoms with Gasteiger partial charge in [-0.2, -0.15) is 0 Å². The lowest BCUT2D eigenvalue weighted by atomic mass is 9.93. The fourth-order valence-electron chi connectivity index (χ4n) is 3.77. The highest BCUT2D eigenvalue weighted by atomic mass is 32.2. The first-order chi connectivity index (χ1) is 12.1. The second-order valence-corrected chi connectivity index (χ2v) is 8.84. The summed E-state index contributed by atoms with van der Waals surface area (Å²) in [5.74, 6) is 0.364. The Balaban J connectivity index is 1.58. The van der Waals surface area contributed by atoms with E-state index in [0.717, 1.165) is 19.3 Å². The van der Waals surface area contributed by atoms with Gasteiger partial charge in [-0.15, -0.1) is 10.2 Å². The minimum absolute atomic E-state index is 0.0282. The smallest absolute Gasteiger partial charge is 0.274 e. The Morgan fingerprint density at radius 1 is 1.16 bits per heavy atom. The van der Waals surface area contributed by atoms with Crippen molar-refractivity contribution in [2.24, 2.45) is 0 Å². The third kappa shape index (κ3) is 2.92. The molecule has 0 bridgehead atoms. The van der Waals surface area contributed by atoms with Gasteiger partial charge in [-0.3, -0.25) is 9.36 Å². The number of aromatic nitrogens is 4. The van der Waals surface area contributed by atoms with Gasteiger partial charge in [0, 0.05) is 25.0 Å². The molecule has 2 fully saturated rings. The normalized spacial score (nSPS) is 25.4. The van der Waals surface area contributed by atoms with Crippen molar-refractivity contribution in [1.29, 1.82) is 0 Å². The summed E-state index contributed by atoms with van der Waals surface area (Å²) in [5.41, 5.74) is 0.243. The minimum Gasteiger partial charge on any atom is -0.332 e. The topological polar surface area (TPSA) is 98.1 Å². The maximum Gasteiger partial charge on any atom is 0.274 e. The summed E-state index contributed by atoms with van der Waals surface area (Å²) < 4.78 is 26.3. The Hall–Kier alpha value is -2.29. The number of carbonyl (C=O) groups excluding carboxylic acids is 1. The molecule has 2 aliphatic rings. The van der Waals surface area contributed by atoms with Gasteiger partial charge in [0.25, 0.3) is 5.91 Å². The van der Waals surface area contributed by atoms with Gasteiger partial charge in [-0.05, 0) is 25.0 Å². The van der Waals surface area contributed by atoms with Crippen LogP contribution in [-0.2, 0) is 9.84 Å². The van der Waals surface area contributed by atoms with Crippen LogP contribution in [-0.4, -0.2) is 62.6 Å². The van der Waals surface area contributed by atoms with Crippen molar-refractivity contribution in [2.75, 3.05) is 12.3 Å². The third-order valence-corrected chi connectivity index (χ3v) is 7.27. The number of hydrogen-bond donors (Lipinski definition) is 0. The van der Waals surface area contributed by atoms with E-state index in [-0.39, 0.29) is 29.9 Å². The van der Waals surface area contributed by atoms with Gasteiger partial charge in [0.2, 0.25) is 0 Å². The van der Waals surface area contributed by atoms with Crippen LogP contribution in [0.15, 0.2) is 30.9 Å². The highest BCUT2D eigenvalue weighted by Crippen LogP contribution is 2.32. The number of rotatable bonds is 2. The second kappa shape index (κ2) is 6.21. The Kier molecular flexibility index (Phi) is 4.03. The molecule has 8 nitrogen and oxygen atoms in total. The van der Waals surface area contributed by atoms with Crippen molar-refractivity contribution >= 4 is 15.7 Å². The largest absolute Gasteiger partial charge is 0.332 e. The van der Waals surface area contributed by atoms with Crippen LogP contribution in [0, 0.1) is 0 Å². The summed E-state index contributed by atoms with van der Waals surface area (Å²) >= 11 is 0. The Bertz CT molecular complexity index is 864. The fourth-order valence-corrected chi connectivity index (χ4v) is 5.81. The molecule has 0 N–H and O–H groups in total. The molecule has 3 heterocycles. The van der Waals surface area contributed by atoms with E-state index in [9.17, 15) is 13.2 Å². The first-order valence-corrected chi connectivity index (χ1v) is 10.1. The van der Waals surface area contributed by atoms with E-state index in [1.165, 1.54) is 0 Å². The molecule has 2 atom stereocenters. The first kappa shape index (κ1) is 16.2. The van der Waals surface area contributed by atoms with Crippen LogP contribution in [0.5, 0.6) is 0 Å². The molecule has 1 aliphatic carbocycles. The van der Waals surface area contributed by atoms with Crippen LogP contribution in [0.2, 0.25) is 0 Å². The van der Waals surface area contributed by atoms with Gasteiger partial charge in [0.05, 0.1) is 11.0 Å². The van der Waals surface area contributed by atoms with E-state index in [1.807, 2.05) is 0 Å². The maximum atomic E-state index is 12.9. The Labute approximate surface area is 145 Å². The number of carbonyl (C=O) groups is 1. The van der Waals surface area contributed by atoms with E-state index < -0.39 is 15.1 Å². The quantitative estimate of drug-likeness (QED) is 0.786. The van der Waals surface area contributed by atoms with E-state index in [1.54, 1.807) is 40.3 Å². The van der Waals surface area contributed by atoms with Crippen molar-refractivity contribution in [1.82, 2.24) is 24.6 Å². The van der Waals surface area contributed by atoms with Crippen LogP contribution in [0.4, 0.5) is 0 Å². The lowest BCUT2D eigenvalue weighted by Crippen LogP contribution is -2.57. The van der Waals surface area contributed by atoms with Gasteiger partial charge in [-0.25, -0.2) is 13.4 Å². The summed E-state index contributed by atoms with van der Waals surface area (Å²) in [6, 6.07) is 3.10. The van der Waals surface area contributed by atoms with Gasteiger partial charge < -0.3 is 4.90 Å². The molecule has 1 aliphatic heterocycles. The van der Waals surface area contributed by atoms with Gasteiger partial charge in [0.15, 0.2) is 21.3 Å². The molecule has 132 valence electrons. The van der Waals surface area contributed by atoms with E-state index in [0.29, 0.717) is 12.2 Å². The summed E-state index contributed by atoms with van der Waals surface area (Å²) in [4.78, 5) is 18.5. The van der Waals surface area contributed by atoms with Crippen LogP contribution in [0.3, 0.4) is 0 Å². The van der Waals surface area contributed by atoms with Crippen LogP contribution in [0.25, 0.3) is 5.82 Å². The molecule has 2 aromatic heterocycles. The van der Waals surface area contributed by atoms with Crippen LogP contribution in [0.1, 0.15) is 36.2 Å². The maximum absolute atomic E-state index is 12.9. The third-order valence-electron chi connectivity index (χ3n) is 5.05. The van der Waals surface area contributed by atoms with Gasteiger partial charge in [0.1, 0.15) is 6.33 Å². The van der Waals surface area contributed by atoms with Crippen molar-refractivity contribution in [3.05, 3.63) is 36.5 Å². The molecule has 2 aromatic rings. The number of imidazole rings is 1. The average molecular weight is 361 g/mol. The number of fused-ring (bicyclic) bond motifs is 1. The molecular weight excluding hydrogens is 342 g/mol. The van der Waals surface area contributed by atoms with E-state index >= 15 is 0 Å². The molecule has 1 amide bonds. The van der Waals surface area contributed by atoms with Crippen LogP contribution >= 0.6 is 0 Å². The average Bonchev–Trinajstić information content (AvgIpc) is 3.16. The van der Waals surface area contributed by atoms with Crippen molar-refractivity contribution in [2.45, 2.75) is 37.0 Å². The van der Waals surface area contributed by atoms with Gasteiger partial charge in [-0.1, -0.05) is 12.8 Å². The van der Waals surface area contributed by atoms with Crippen molar-refractivity contribution in [3.63, 3.8) is 0 Å². The molecule has 0 aromatic carbocycles. The number of sulfone groups is 1. The summed E-state index contributed by atoms with van der Waals surface area (Å²) in [7, 11) is -3.11.